The number of carbonyl (C=O) groups excluding carboxylic acids is 5. The molecule has 0 aliphatic carbocycles. The SMILES string of the molecule is CNC(=O)[C@H](CCCCN)NC(=O)[C@H](Cc1c[nH]c2ccccc12)NC(=O)[C@H](CC(C)C)NC(=O)CNC(=O)[C@@H](N)C(C)C. The summed E-state index contributed by atoms with van der Waals surface area (Å²) in [5.74, 6) is -2.56. The standard InChI is InChI=1S/C31H50N8O5/c1-18(2)14-24(37-26(40)17-36-31(44)27(33)19(3)4)29(42)39-25(15-20-16-35-22-11-7-6-10-21(20)22)30(43)38-23(28(41)34-5)12-8-9-13-32/h6-7,10-11,16,18-19,23-25,27,35H,8-9,12-15,17,32-33H2,1-5H3,(H,34,41)(H,36,44)(H,37,40)(H,38,43)(H,39,42)/t23-,24-,25-,27-/m0/s1. The number of para-hydroxylation sites is 1. The largest absolute Gasteiger partial charge is 0.361 e. The number of benzene rings is 1. The monoisotopic (exact) mass is 614 g/mol. The molecule has 10 N–H and O–H groups in total. The zero-order valence-corrected chi connectivity index (χ0v) is 26.5. The van der Waals surface area contributed by atoms with E-state index in [4.69, 9.17) is 11.5 Å². The minimum Gasteiger partial charge on any atom is -0.361 e. The van der Waals surface area contributed by atoms with Crippen LogP contribution in [0, 0.1) is 11.8 Å². The molecule has 1 aromatic heterocycles. The number of rotatable bonds is 18. The van der Waals surface area contributed by atoms with Crippen molar-refractivity contribution in [3.63, 3.8) is 0 Å². The first-order valence-corrected chi connectivity index (χ1v) is 15.3. The second kappa shape index (κ2) is 18.0. The highest BCUT2D eigenvalue weighted by Gasteiger charge is 2.30. The summed E-state index contributed by atoms with van der Waals surface area (Å²) in [6.45, 7) is 7.52. The van der Waals surface area contributed by atoms with Crippen molar-refractivity contribution >= 4 is 40.4 Å². The number of nitrogens with one attached hydrogen (secondary N) is 6. The van der Waals surface area contributed by atoms with E-state index < -0.39 is 47.8 Å². The van der Waals surface area contributed by atoms with Gasteiger partial charge in [-0.1, -0.05) is 45.9 Å². The van der Waals surface area contributed by atoms with Gasteiger partial charge in [0.25, 0.3) is 0 Å². The third kappa shape index (κ3) is 11.3. The van der Waals surface area contributed by atoms with Gasteiger partial charge in [-0.25, -0.2) is 0 Å². The summed E-state index contributed by atoms with van der Waals surface area (Å²) in [6, 6.07) is 3.99. The lowest BCUT2D eigenvalue weighted by Gasteiger charge is -2.26. The molecule has 0 fully saturated rings. The minimum absolute atomic E-state index is 0.0241. The van der Waals surface area contributed by atoms with Crippen LogP contribution in [0.3, 0.4) is 0 Å². The Balaban J connectivity index is 2.27. The van der Waals surface area contributed by atoms with Crippen LogP contribution < -0.4 is 38.1 Å². The average Bonchev–Trinajstić information content (AvgIpc) is 3.40. The first-order valence-electron chi connectivity index (χ1n) is 15.3. The van der Waals surface area contributed by atoms with Crippen LogP contribution in [0.15, 0.2) is 30.5 Å². The molecular formula is C31H50N8O5. The Morgan fingerprint density at radius 3 is 2.14 bits per heavy atom. The Bertz CT molecular complexity index is 1260. The first kappa shape index (κ1) is 36.2. The van der Waals surface area contributed by atoms with Gasteiger partial charge >= 0.3 is 0 Å². The van der Waals surface area contributed by atoms with Gasteiger partial charge in [-0.2, -0.15) is 0 Å². The zero-order chi connectivity index (χ0) is 32.8. The maximum atomic E-state index is 13.7. The maximum Gasteiger partial charge on any atom is 0.243 e. The highest BCUT2D eigenvalue weighted by molar-refractivity contribution is 5.95. The van der Waals surface area contributed by atoms with Gasteiger partial charge in [0, 0.05) is 30.6 Å². The zero-order valence-electron chi connectivity index (χ0n) is 26.5. The number of unbranched alkanes of at least 4 members (excludes halogenated alkanes) is 1. The van der Waals surface area contributed by atoms with E-state index in [1.807, 2.05) is 38.1 Å². The molecule has 1 heterocycles. The maximum absolute atomic E-state index is 13.7. The van der Waals surface area contributed by atoms with E-state index in [2.05, 4.69) is 31.6 Å². The Labute approximate surface area is 259 Å². The van der Waals surface area contributed by atoms with E-state index >= 15 is 0 Å². The summed E-state index contributed by atoms with van der Waals surface area (Å²) in [7, 11) is 1.49. The Kier molecular flexibility index (Phi) is 14.8. The van der Waals surface area contributed by atoms with Crippen molar-refractivity contribution in [2.75, 3.05) is 20.1 Å². The van der Waals surface area contributed by atoms with E-state index in [0.29, 0.717) is 32.2 Å². The molecule has 13 heteroatoms. The molecule has 2 rings (SSSR count). The van der Waals surface area contributed by atoms with E-state index in [1.54, 1.807) is 20.0 Å². The molecule has 0 aliphatic rings. The van der Waals surface area contributed by atoms with Gasteiger partial charge in [0.2, 0.25) is 29.5 Å². The Morgan fingerprint density at radius 1 is 0.841 bits per heavy atom. The smallest absolute Gasteiger partial charge is 0.243 e. The molecule has 0 aliphatic heterocycles. The second-order valence-electron chi connectivity index (χ2n) is 11.8. The fourth-order valence-electron chi connectivity index (χ4n) is 4.75. The minimum atomic E-state index is -1.06. The lowest BCUT2D eigenvalue weighted by molar-refractivity contribution is -0.134. The van der Waals surface area contributed by atoms with Crippen LogP contribution in [0.4, 0.5) is 0 Å². The van der Waals surface area contributed by atoms with E-state index in [-0.39, 0.29) is 30.7 Å². The Hall–Kier alpha value is -3.97. The summed E-state index contributed by atoms with van der Waals surface area (Å²) < 4.78 is 0. The molecule has 0 saturated heterocycles. The molecule has 244 valence electrons. The van der Waals surface area contributed by atoms with Crippen LogP contribution in [0.2, 0.25) is 0 Å². The van der Waals surface area contributed by atoms with Crippen LogP contribution in [-0.2, 0) is 30.4 Å². The van der Waals surface area contributed by atoms with Crippen molar-refractivity contribution in [3.8, 4) is 0 Å². The number of fused-ring (bicyclic) bond motifs is 1. The normalized spacial score (nSPS) is 14.0. The van der Waals surface area contributed by atoms with E-state index in [0.717, 1.165) is 16.5 Å². The molecule has 1 aromatic carbocycles. The van der Waals surface area contributed by atoms with Gasteiger partial charge in [-0.3, -0.25) is 24.0 Å². The molecule has 2 aromatic rings. The number of aromatic nitrogens is 1. The molecule has 0 saturated carbocycles. The lowest BCUT2D eigenvalue weighted by Crippen LogP contribution is -2.58. The molecule has 44 heavy (non-hydrogen) atoms. The predicted molar refractivity (Wildman–Crippen MR) is 170 cm³/mol. The fraction of sp³-hybridized carbons (Fsp3) is 0.581. The lowest BCUT2D eigenvalue weighted by atomic mass is 10.00. The summed E-state index contributed by atoms with van der Waals surface area (Å²) in [6.07, 6.45) is 3.92. The fourth-order valence-corrected chi connectivity index (χ4v) is 4.75. The van der Waals surface area contributed by atoms with Crippen molar-refractivity contribution in [1.29, 1.82) is 0 Å². The number of nitrogens with two attached hydrogens (primary N) is 2. The van der Waals surface area contributed by atoms with Gasteiger partial charge in [0.1, 0.15) is 18.1 Å². The number of carbonyl (C=O) groups is 5. The van der Waals surface area contributed by atoms with Crippen LogP contribution in [0.25, 0.3) is 10.9 Å². The van der Waals surface area contributed by atoms with Gasteiger partial charge in [0.15, 0.2) is 0 Å². The quantitative estimate of drug-likeness (QED) is 0.109. The molecular weight excluding hydrogens is 564 g/mol. The van der Waals surface area contributed by atoms with Crippen molar-refractivity contribution in [2.45, 2.75) is 84.0 Å². The predicted octanol–water partition coefficient (Wildman–Crippen LogP) is 0.185. The molecule has 0 radical (unpaired) electrons. The summed E-state index contributed by atoms with van der Waals surface area (Å²) in [5.41, 5.74) is 13.1. The van der Waals surface area contributed by atoms with E-state index in [1.165, 1.54) is 7.05 Å². The number of likely N-dealkylation sites (N-methyl/N-ethyl adjacent to an activating group) is 1. The van der Waals surface area contributed by atoms with Crippen molar-refractivity contribution in [1.82, 2.24) is 31.6 Å². The third-order valence-electron chi connectivity index (χ3n) is 7.36. The van der Waals surface area contributed by atoms with Gasteiger partial charge in [-0.05, 0) is 55.7 Å². The van der Waals surface area contributed by atoms with Crippen molar-refractivity contribution in [2.24, 2.45) is 23.3 Å². The number of hydrogen-bond acceptors (Lipinski definition) is 7. The van der Waals surface area contributed by atoms with Gasteiger partial charge in [-0.15, -0.1) is 0 Å². The first-order chi connectivity index (χ1) is 20.9. The van der Waals surface area contributed by atoms with Crippen LogP contribution in [0.5, 0.6) is 0 Å². The number of hydrogen-bond donors (Lipinski definition) is 8. The summed E-state index contributed by atoms with van der Waals surface area (Å²) in [4.78, 5) is 68.0. The average molecular weight is 615 g/mol. The molecule has 0 unspecified atom stereocenters. The van der Waals surface area contributed by atoms with Gasteiger partial charge < -0.3 is 43.0 Å². The molecule has 4 atom stereocenters. The molecule has 0 bridgehead atoms. The number of H-pyrrole nitrogens is 1. The van der Waals surface area contributed by atoms with Crippen molar-refractivity contribution < 1.29 is 24.0 Å². The number of aromatic amines is 1. The van der Waals surface area contributed by atoms with E-state index in [9.17, 15) is 24.0 Å². The van der Waals surface area contributed by atoms with Gasteiger partial charge in [0.05, 0.1) is 12.6 Å². The third-order valence-corrected chi connectivity index (χ3v) is 7.36. The topological polar surface area (TPSA) is 213 Å². The summed E-state index contributed by atoms with van der Waals surface area (Å²) >= 11 is 0. The summed E-state index contributed by atoms with van der Waals surface area (Å²) in [5, 5.41) is 14.3. The number of amides is 5. The highest BCUT2D eigenvalue weighted by Crippen LogP contribution is 2.19. The molecule has 0 spiro atoms. The van der Waals surface area contributed by atoms with Crippen LogP contribution in [0.1, 0.15) is 58.9 Å². The van der Waals surface area contributed by atoms with Crippen LogP contribution in [-0.4, -0.2) is 78.8 Å². The molecule has 5 amide bonds. The van der Waals surface area contributed by atoms with Crippen molar-refractivity contribution in [3.05, 3.63) is 36.0 Å². The highest BCUT2D eigenvalue weighted by atomic mass is 16.2. The second-order valence-corrected chi connectivity index (χ2v) is 11.8. The Morgan fingerprint density at radius 2 is 1.50 bits per heavy atom. The van der Waals surface area contributed by atoms with Crippen LogP contribution >= 0.6 is 0 Å². The molecule has 13 nitrogen and oxygen atoms in total.